The average Bonchev–Trinajstić information content (AvgIpc) is 3.63. The minimum absolute atomic E-state index is 0.430. The first kappa shape index (κ1) is 32.2. The molecule has 6 atom stereocenters. The summed E-state index contributed by atoms with van der Waals surface area (Å²) in [5.41, 5.74) is 1.78. The fourth-order valence-electron chi connectivity index (χ4n) is 6.83. The van der Waals surface area contributed by atoms with E-state index in [0.29, 0.717) is 34.0 Å². The Labute approximate surface area is 276 Å². The Morgan fingerprint density at radius 1 is 0.542 bits per heavy atom. The fourth-order valence-corrected chi connectivity index (χ4v) is 6.83. The molecule has 12 heteroatoms. The van der Waals surface area contributed by atoms with E-state index < -0.39 is 59.8 Å². The minimum Gasteiger partial charge on any atom is -0.497 e. The number of rotatable bonds is 10. The molecule has 2 amide bonds. The third-order valence-corrected chi connectivity index (χ3v) is 8.87. The van der Waals surface area contributed by atoms with Crippen LogP contribution in [0, 0.1) is 11.8 Å². The van der Waals surface area contributed by atoms with Gasteiger partial charge in [-0.25, -0.2) is 10.0 Å². The molecule has 48 heavy (non-hydrogen) atoms. The molecule has 0 radical (unpaired) electrons. The van der Waals surface area contributed by atoms with Crippen LogP contribution in [0.3, 0.4) is 0 Å². The summed E-state index contributed by atoms with van der Waals surface area (Å²) < 4.78 is 10.7. The lowest BCUT2D eigenvalue weighted by molar-refractivity contribution is -0.147. The van der Waals surface area contributed by atoms with Crippen LogP contribution in [0.25, 0.3) is 0 Å². The Hall–Kier alpha value is -5.72. The van der Waals surface area contributed by atoms with Gasteiger partial charge in [-0.15, -0.1) is 0 Å². The van der Waals surface area contributed by atoms with Gasteiger partial charge in [-0.1, -0.05) is 60.7 Å². The predicted molar refractivity (Wildman–Crippen MR) is 175 cm³/mol. The molecule has 12 nitrogen and oxygen atoms in total. The Morgan fingerprint density at radius 2 is 0.875 bits per heavy atom. The van der Waals surface area contributed by atoms with Crippen LogP contribution in [0.2, 0.25) is 0 Å². The molecule has 0 aliphatic carbocycles. The van der Waals surface area contributed by atoms with Gasteiger partial charge >= 0.3 is 11.9 Å². The second-order valence-electron chi connectivity index (χ2n) is 11.5. The van der Waals surface area contributed by atoms with Crippen molar-refractivity contribution in [2.45, 2.75) is 24.2 Å². The highest BCUT2D eigenvalue weighted by atomic mass is 16.5. The standard InChI is InChI=1S/C36H34N4O8/c1-47-25-17-13-21(14-18-25)29-27(35(43)44)31(33(41)37-23-9-5-3-6-10-23)40-30(22-15-19-26(48-2)20-16-22)28(36(45)46)32(39(29)40)34(42)38-24-11-7-4-8-12-24/h3-20,27-32H,1-2H3,(H,37,41)(H,38,42)(H,43,44)(H,45,46)/t27-,28-,29+,30+,31-,32+/m0/s1. The molecule has 246 valence electrons. The molecule has 0 bridgehead atoms. The Kier molecular flexibility index (Phi) is 9.10. The van der Waals surface area contributed by atoms with Crippen LogP contribution in [-0.2, 0) is 19.2 Å². The van der Waals surface area contributed by atoms with Crippen LogP contribution in [0.15, 0.2) is 109 Å². The molecule has 4 N–H and O–H groups in total. The number of anilines is 2. The largest absolute Gasteiger partial charge is 0.497 e. The van der Waals surface area contributed by atoms with Gasteiger partial charge in [-0.2, -0.15) is 0 Å². The highest BCUT2D eigenvalue weighted by Gasteiger charge is 2.67. The number of nitrogens with zero attached hydrogens (tertiary/aromatic N) is 2. The Bertz CT molecular complexity index is 1650. The Balaban J connectivity index is 1.57. The number of carboxylic acid groups (broad SMARTS) is 2. The lowest BCUT2D eigenvalue weighted by atomic mass is 9.82. The van der Waals surface area contributed by atoms with Crippen molar-refractivity contribution in [2.24, 2.45) is 11.8 Å². The van der Waals surface area contributed by atoms with Crippen LogP contribution in [0.4, 0.5) is 11.4 Å². The lowest BCUT2D eigenvalue weighted by Gasteiger charge is -2.33. The number of carboxylic acids is 2. The van der Waals surface area contributed by atoms with Crippen molar-refractivity contribution in [1.29, 1.82) is 0 Å². The van der Waals surface area contributed by atoms with E-state index in [1.165, 1.54) is 24.2 Å². The van der Waals surface area contributed by atoms with Crippen LogP contribution in [0.5, 0.6) is 11.5 Å². The molecule has 2 fully saturated rings. The third-order valence-electron chi connectivity index (χ3n) is 8.87. The summed E-state index contributed by atoms with van der Waals surface area (Å²) in [5.74, 6) is -5.74. The van der Waals surface area contributed by atoms with Crippen molar-refractivity contribution in [2.75, 3.05) is 24.9 Å². The monoisotopic (exact) mass is 650 g/mol. The quantitative estimate of drug-likeness (QED) is 0.193. The van der Waals surface area contributed by atoms with E-state index in [1.807, 2.05) is 0 Å². The van der Waals surface area contributed by atoms with E-state index in [9.17, 15) is 29.4 Å². The maximum Gasteiger partial charge on any atom is 0.310 e. The van der Waals surface area contributed by atoms with Crippen molar-refractivity contribution in [3.63, 3.8) is 0 Å². The van der Waals surface area contributed by atoms with Crippen molar-refractivity contribution in [1.82, 2.24) is 10.0 Å². The molecular formula is C36H34N4O8. The van der Waals surface area contributed by atoms with E-state index in [4.69, 9.17) is 9.47 Å². The summed E-state index contributed by atoms with van der Waals surface area (Å²) in [6, 6.07) is 25.3. The number of methoxy groups -OCH3 is 2. The first-order valence-corrected chi connectivity index (χ1v) is 15.3. The summed E-state index contributed by atoms with van der Waals surface area (Å²) in [6.45, 7) is 0. The molecule has 0 spiro atoms. The van der Waals surface area contributed by atoms with E-state index in [2.05, 4.69) is 10.6 Å². The lowest BCUT2D eigenvalue weighted by Crippen LogP contribution is -2.48. The van der Waals surface area contributed by atoms with Crippen molar-refractivity contribution in [3.8, 4) is 11.5 Å². The maximum absolute atomic E-state index is 14.3. The number of ether oxygens (including phenoxy) is 2. The number of para-hydroxylation sites is 2. The van der Waals surface area contributed by atoms with Gasteiger partial charge in [0.05, 0.1) is 26.3 Å². The molecule has 2 heterocycles. The van der Waals surface area contributed by atoms with Crippen molar-refractivity contribution >= 4 is 35.1 Å². The number of aliphatic carboxylic acids is 2. The third kappa shape index (κ3) is 5.94. The second kappa shape index (κ2) is 13.6. The number of hydrogen-bond acceptors (Lipinski definition) is 8. The molecule has 4 aromatic rings. The number of carbonyl (C=O) groups excluding carboxylic acids is 2. The smallest absolute Gasteiger partial charge is 0.310 e. The average molecular weight is 651 g/mol. The highest BCUT2D eigenvalue weighted by molar-refractivity contribution is 6.01. The van der Waals surface area contributed by atoms with E-state index >= 15 is 0 Å². The van der Waals surface area contributed by atoms with Gasteiger partial charge in [0, 0.05) is 11.4 Å². The fraction of sp³-hybridized carbons (Fsp3) is 0.222. The van der Waals surface area contributed by atoms with Gasteiger partial charge in [0.25, 0.3) is 0 Å². The van der Waals surface area contributed by atoms with Crippen LogP contribution < -0.4 is 20.1 Å². The normalized spacial score (nSPS) is 23.5. The number of hydrazine groups is 1. The molecular weight excluding hydrogens is 616 g/mol. The number of carbonyl (C=O) groups is 4. The van der Waals surface area contributed by atoms with Gasteiger partial charge < -0.3 is 30.3 Å². The zero-order valence-corrected chi connectivity index (χ0v) is 26.1. The summed E-state index contributed by atoms with van der Waals surface area (Å²) in [4.78, 5) is 55.3. The SMILES string of the molecule is COc1ccc([C@@H]2[C@H](C(=O)O)[C@H](C(=O)Nc3ccccc3)N3[C@H](c4ccc(OC)cc4)[C@H](C(=O)O)[C@@H](C(=O)Nc4ccccc4)N23)cc1. The van der Waals surface area contributed by atoms with E-state index in [1.54, 1.807) is 109 Å². The summed E-state index contributed by atoms with van der Waals surface area (Å²) in [5, 5.41) is 30.3. The van der Waals surface area contributed by atoms with Crippen LogP contribution in [0.1, 0.15) is 23.2 Å². The van der Waals surface area contributed by atoms with Crippen molar-refractivity contribution < 1.29 is 38.9 Å². The molecule has 0 aromatic heterocycles. The molecule has 0 unspecified atom stereocenters. The molecule has 2 aliphatic heterocycles. The maximum atomic E-state index is 14.3. The van der Waals surface area contributed by atoms with Crippen LogP contribution in [-0.4, -0.2) is 70.3 Å². The summed E-state index contributed by atoms with van der Waals surface area (Å²) in [6.07, 6.45) is 0. The second-order valence-corrected chi connectivity index (χ2v) is 11.5. The van der Waals surface area contributed by atoms with Gasteiger partial charge in [0.15, 0.2) is 0 Å². The van der Waals surface area contributed by atoms with Gasteiger partial charge in [-0.3, -0.25) is 19.2 Å². The number of benzene rings is 4. The first-order valence-electron chi connectivity index (χ1n) is 15.3. The predicted octanol–water partition coefficient (Wildman–Crippen LogP) is 4.45. The van der Waals surface area contributed by atoms with E-state index in [0.717, 1.165) is 0 Å². The summed E-state index contributed by atoms with van der Waals surface area (Å²) in [7, 11) is 3.00. The Morgan fingerprint density at radius 3 is 1.17 bits per heavy atom. The zero-order chi connectivity index (χ0) is 33.9. The zero-order valence-electron chi connectivity index (χ0n) is 26.1. The molecule has 0 saturated carbocycles. The molecule has 4 aromatic carbocycles. The molecule has 6 rings (SSSR count). The van der Waals surface area contributed by atoms with E-state index in [-0.39, 0.29) is 0 Å². The number of amides is 2. The van der Waals surface area contributed by atoms with Crippen LogP contribution >= 0.6 is 0 Å². The number of nitrogens with one attached hydrogen (secondary N) is 2. The molecule has 2 saturated heterocycles. The summed E-state index contributed by atoms with van der Waals surface area (Å²) >= 11 is 0. The number of fused-ring (bicyclic) bond motifs is 1. The number of hydrogen-bond donors (Lipinski definition) is 4. The highest BCUT2D eigenvalue weighted by Crippen LogP contribution is 2.55. The van der Waals surface area contributed by atoms with Crippen molar-refractivity contribution in [3.05, 3.63) is 120 Å². The first-order chi connectivity index (χ1) is 23.2. The minimum atomic E-state index is -1.43. The van der Waals surface area contributed by atoms with Gasteiger partial charge in [-0.05, 0) is 59.7 Å². The topological polar surface area (TPSA) is 158 Å². The van der Waals surface area contributed by atoms with Gasteiger partial charge in [0.2, 0.25) is 11.8 Å². The molecule has 2 aliphatic rings. The van der Waals surface area contributed by atoms with Gasteiger partial charge in [0.1, 0.15) is 35.4 Å².